The molecular weight excluding hydrogens is 222 g/mol. The first-order valence-electron chi connectivity index (χ1n) is 5.30. The lowest BCUT2D eigenvalue weighted by molar-refractivity contribution is 0.417. The van der Waals surface area contributed by atoms with Crippen molar-refractivity contribution >= 4 is 16.5 Å². The molecule has 3 nitrogen and oxygen atoms in total. The summed E-state index contributed by atoms with van der Waals surface area (Å²) in [5.74, 6) is 2.41. The van der Waals surface area contributed by atoms with Crippen LogP contribution in [0.1, 0.15) is 19.4 Å². The zero-order valence-corrected chi connectivity index (χ0v) is 10.8. The number of ether oxygens (including phenoxy) is 1. The summed E-state index contributed by atoms with van der Waals surface area (Å²) in [4.78, 5) is 0. The minimum absolute atomic E-state index is 0.455. The molecule has 0 bridgehead atoms. The van der Waals surface area contributed by atoms with Gasteiger partial charge in [0.15, 0.2) is 0 Å². The van der Waals surface area contributed by atoms with Crippen molar-refractivity contribution in [2.45, 2.75) is 19.6 Å². The zero-order chi connectivity index (χ0) is 12.1. The summed E-state index contributed by atoms with van der Waals surface area (Å²) in [5.41, 5.74) is 7.38. The number of anilines is 1. The third-order valence-electron chi connectivity index (χ3n) is 2.14. The van der Waals surface area contributed by atoms with Gasteiger partial charge in [0.2, 0.25) is 0 Å². The van der Waals surface area contributed by atoms with Crippen LogP contribution in [0.5, 0.6) is 5.75 Å². The first-order valence-corrected chi connectivity index (χ1v) is 6.79. The molecule has 1 aromatic rings. The fourth-order valence-electron chi connectivity index (χ4n) is 1.49. The van der Waals surface area contributed by atoms with E-state index in [1.165, 1.54) is 0 Å². The Kier molecular flexibility index (Phi) is 4.80. The minimum atomic E-state index is -0.814. The molecular formula is C12H19NO2S. The van der Waals surface area contributed by atoms with Crippen molar-refractivity contribution in [3.63, 3.8) is 0 Å². The lowest BCUT2D eigenvalue weighted by Gasteiger charge is -2.08. The summed E-state index contributed by atoms with van der Waals surface area (Å²) < 4.78 is 16.8. The average molecular weight is 241 g/mol. The van der Waals surface area contributed by atoms with Crippen molar-refractivity contribution in [3.05, 3.63) is 23.8 Å². The number of hydrogen-bond donors (Lipinski definition) is 1. The maximum absolute atomic E-state index is 11.7. The molecule has 16 heavy (non-hydrogen) atoms. The van der Waals surface area contributed by atoms with Gasteiger partial charge in [-0.1, -0.05) is 19.9 Å². The van der Waals surface area contributed by atoms with E-state index in [2.05, 4.69) is 13.8 Å². The van der Waals surface area contributed by atoms with Gasteiger partial charge in [-0.2, -0.15) is 0 Å². The van der Waals surface area contributed by atoms with Gasteiger partial charge in [-0.15, -0.1) is 0 Å². The predicted molar refractivity (Wildman–Crippen MR) is 69.0 cm³/mol. The number of nitrogen functional groups attached to an aromatic ring is 1. The molecule has 1 unspecified atom stereocenters. The molecule has 0 saturated heterocycles. The van der Waals surface area contributed by atoms with Gasteiger partial charge in [-0.05, 0) is 23.6 Å². The second kappa shape index (κ2) is 5.89. The van der Waals surface area contributed by atoms with E-state index in [-0.39, 0.29) is 0 Å². The highest BCUT2D eigenvalue weighted by atomic mass is 32.2. The molecule has 0 aromatic heterocycles. The molecule has 0 fully saturated rings. The van der Waals surface area contributed by atoms with Crippen molar-refractivity contribution in [2.75, 3.05) is 18.6 Å². The number of nitrogens with two attached hydrogens (primary N) is 1. The summed E-state index contributed by atoms with van der Waals surface area (Å²) in [6.45, 7) is 4.14. The molecule has 0 radical (unpaired) electrons. The summed E-state index contributed by atoms with van der Waals surface area (Å²) in [6, 6.07) is 5.56. The van der Waals surface area contributed by atoms with Crippen LogP contribution in [0.4, 0.5) is 5.69 Å². The lowest BCUT2D eigenvalue weighted by Crippen LogP contribution is -2.07. The number of methoxy groups -OCH3 is 1. The maximum atomic E-state index is 11.7. The van der Waals surface area contributed by atoms with Crippen LogP contribution >= 0.6 is 0 Å². The van der Waals surface area contributed by atoms with Crippen LogP contribution in [-0.4, -0.2) is 17.1 Å². The summed E-state index contributed by atoms with van der Waals surface area (Å²) in [6.07, 6.45) is 0. The topological polar surface area (TPSA) is 52.3 Å². The standard InChI is InChI=1S/C12H19NO2S/c1-9(2)7-16(14)8-10-4-5-12(15-3)11(13)6-10/h4-6,9H,7-8,13H2,1-3H3. The summed E-state index contributed by atoms with van der Waals surface area (Å²) >= 11 is 0. The van der Waals surface area contributed by atoms with Crippen LogP contribution in [0.3, 0.4) is 0 Å². The molecule has 1 aromatic carbocycles. The molecule has 0 heterocycles. The molecule has 0 amide bonds. The van der Waals surface area contributed by atoms with E-state index in [1.807, 2.05) is 18.2 Å². The summed E-state index contributed by atoms with van der Waals surface area (Å²) in [7, 11) is 0.771. The molecule has 2 N–H and O–H groups in total. The first-order chi connectivity index (χ1) is 7.52. The van der Waals surface area contributed by atoms with Gasteiger partial charge in [0, 0.05) is 22.3 Å². The molecule has 0 aliphatic heterocycles. The van der Waals surface area contributed by atoms with Crippen LogP contribution in [0.2, 0.25) is 0 Å². The Hall–Kier alpha value is -1.03. The predicted octanol–water partition coefficient (Wildman–Crippen LogP) is 2.18. The summed E-state index contributed by atoms with van der Waals surface area (Å²) in [5, 5.41) is 0. The first kappa shape index (κ1) is 13.0. The Morgan fingerprint density at radius 3 is 2.62 bits per heavy atom. The molecule has 0 saturated carbocycles. The van der Waals surface area contributed by atoms with Gasteiger partial charge < -0.3 is 10.5 Å². The van der Waals surface area contributed by atoms with Gasteiger partial charge in [-0.3, -0.25) is 4.21 Å². The Labute approximate surface area is 99.4 Å². The monoisotopic (exact) mass is 241 g/mol. The Morgan fingerprint density at radius 2 is 2.12 bits per heavy atom. The van der Waals surface area contributed by atoms with Crippen LogP contribution in [0.25, 0.3) is 0 Å². The smallest absolute Gasteiger partial charge is 0.141 e. The third kappa shape index (κ3) is 3.85. The lowest BCUT2D eigenvalue weighted by atomic mass is 10.2. The molecule has 0 spiro atoms. The highest BCUT2D eigenvalue weighted by Gasteiger charge is 2.06. The van der Waals surface area contributed by atoms with Gasteiger partial charge in [0.25, 0.3) is 0 Å². The second-order valence-electron chi connectivity index (χ2n) is 4.22. The third-order valence-corrected chi connectivity index (χ3v) is 3.83. The van der Waals surface area contributed by atoms with Crippen LogP contribution in [0, 0.1) is 5.92 Å². The molecule has 1 rings (SSSR count). The highest BCUT2D eigenvalue weighted by molar-refractivity contribution is 7.84. The largest absolute Gasteiger partial charge is 0.495 e. The minimum Gasteiger partial charge on any atom is -0.495 e. The fourth-order valence-corrected chi connectivity index (χ4v) is 2.90. The number of benzene rings is 1. The Bertz CT molecular complexity index is 377. The van der Waals surface area contributed by atoms with Gasteiger partial charge in [-0.25, -0.2) is 0 Å². The maximum Gasteiger partial charge on any atom is 0.141 e. The van der Waals surface area contributed by atoms with Crippen LogP contribution < -0.4 is 10.5 Å². The highest BCUT2D eigenvalue weighted by Crippen LogP contribution is 2.22. The van der Waals surface area contributed by atoms with E-state index < -0.39 is 10.8 Å². The zero-order valence-electron chi connectivity index (χ0n) is 10.0. The molecule has 0 aliphatic rings. The van der Waals surface area contributed by atoms with Crippen molar-refractivity contribution in [1.29, 1.82) is 0 Å². The van der Waals surface area contributed by atoms with E-state index in [4.69, 9.17) is 10.5 Å². The van der Waals surface area contributed by atoms with E-state index in [0.717, 1.165) is 11.3 Å². The average Bonchev–Trinajstić information content (AvgIpc) is 2.16. The van der Waals surface area contributed by atoms with Crippen LogP contribution in [-0.2, 0) is 16.6 Å². The van der Waals surface area contributed by atoms with Gasteiger partial charge in [0.05, 0.1) is 12.8 Å². The Morgan fingerprint density at radius 1 is 1.44 bits per heavy atom. The molecule has 0 aliphatic carbocycles. The van der Waals surface area contributed by atoms with E-state index in [0.29, 0.717) is 23.1 Å². The molecule has 1 atom stereocenters. The van der Waals surface area contributed by atoms with Crippen molar-refractivity contribution in [2.24, 2.45) is 5.92 Å². The number of hydrogen-bond acceptors (Lipinski definition) is 3. The van der Waals surface area contributed by atoms with Gasteiger partial charge >= 0.3 is 0 Å². The number of rotatable bonds is 5. The normalized spacial score (nSPS) is 12.8. The van der Waals surface area contributed by atoms with E-state index in [1.54, 1.807) is 7.11 Å². The van der Waals surface area contributed by atoms with E-state index >= 15 is 0 Å². The van der Waals surface area contributed by atoms with Crippen LogP contribution in [0.15, 0.2) is 18.2 Å². The second-order valence-corrected chi connectivity index (χ2v) is 5.72. The SMILES string of the molecule is COc1ccc(CS(=O)CC(C)C)cc1N. The quantitative estimate of drug-likeness (QED) is 0.804. The Balaban J connectivity index is 2.68. The van der Waals surface area contributed by atoms with Gasteiger partial charge in [0.1, 0.15) is 5.75 Å². The molecule has 4 heteroatoms. The van der Waals surface area contributed by atoms with Crippen molar-refractivity contribution < 1.29 is 8.95 Å². The van der Waals surface area contributed by atoms with E-state index in [9.17, 15) is 4.21 Å². The van der Waals surface area contributed by atoms with Crippen molar-refractivity contribution in [3.8, 4) is 5.75 Å². The molecule has 90 valence electrons. The van der Waals surface area contributed by atoms with Crippen molar-refractivity contribution in [1.82, 2.24) is 0 Å². The fraction of sp³-hybridized carbons (Fsp3) is 0.500.